The molecule has 3 N–H and O–H groups in total. The molecule has 1 heterocycles. The molecule has 0 spiro atoms. The fourth-order valence-electron chi connectivity index (χ4n) is 4.94. The lowest BCUT2D eigenvalue weighted by Gasteiger charge is -2.33. The summed E-state index contributed by atoms with van der Waals surface area (Å²) < 4.78 is 5.85. The molecule has 7 nitrogen and oxygen atoms in total. The average Bonchev–Trinajstić information content (AvgIpc) is 3.34. The van der Waals surface area contributed by atoms with Crippen LogP contribution in [-0.2, 0) is 6.61 Å². The lowest BCUT2D eigenvalue weighted by atomic mass is 9.90. The monoisotopic (exact) mass is 498 g/mol. The van der Waals surface area contributed by atoms with Gasteiger partial charge in [-0.3, -0.25) is 4.79 Å². The Balaban J connectivity index is 1.27. The van der Waals surface area contributed by atoms with Gasteiger partial charge < -0.3 is 20.7 Å². The van der Waals surface area contributed by atoms with Gasteiger partial charge in [-0.2, -0.15) is 0 Å². The van der Waals surface area contributed by atoms with E-state index in [0.717, 1.165) is 49.3 Å². The SMILES string of the molecule is CC(C)c1ccc(OCc2nc(C(=O)N[C@@H]3CCCC[C@@H]3NC(=O)NC3CCCCC3)cs2)cc1. The Morgan fingerprint density at radius 2 is 1.60 bits per heavy atom. The predicted octanol–water partition coefficient (Wildman–Crippen LogP) is 5.52. The molecule has 1 aromatic carbocycles. The molecule has 8 heteroatoms. The van der Waals surface area contributed by atoms with Crippen molar-refractivity contribution in [2.24, 2.45) is 0 Å². The highest BCUT2D eigenvalue weighted by Crippen LogP contribution is 2.22. The molecule has 2 saturated carbocycles. The minimum absolute atomic E-state index is 0.0634. The van der Waals surface area contributed by atoms with Gasteiger partial charge in [-0.15, -0.1) is 11.3 Å². The number of thiazole rings is 1. The van der Waals surface area contributed by atoms with Crippen LogP contribution >= 0.6 is 11.3 Å². The minimum atomic E-state index is -0.194. The van der Waals surface area contributed by atoms with Crippen LogP contribution in [0.1, 0.15) is 98.6 Å². The third-order valence-electron chi connectivity index (χ3n) is 7.03. The molecule has 3 amide bonds. The highest BCUT2D eigenvalue weighted by atomic mass is 32.1. The summed E-state index contributed by atoms with van der Waals surface area (Å²) in [6.45, 7) is 4.65. The Bertz CT molecular complexity index is 969. The van der Waals surface area contributed by atoms with Gasteiger partial charge in [-0.05, 0) is 49.3 Å². The first-order valence-corrected chi connectivity index (χ1v) is 13.9. The second-order valence-electron chi connectivity index (χ2n) is 10.1. The Labute approximate surface area is 212 Å². The number of aromatic nitrogens is 1. The molecular weight excluding hydrogens is 460 g/mol. The van der Waals surface area contributed by atoms with E-state index in [9.17, 15) is 9.59 Å². The maximum Gasteiger partial charge on any atom is 0.315 e. The largest absolute Gasteiger partial charge is 0.486 e. The second-order valence-corrected chi connectivity index (χ2v) is 11.0. The molecule has 0 unspecified atom stereocenters. The predicted molar refractivity (Wildman–Crippen MR) is 139 cm³/mol. The first kappa shape index (κ1) is 25.5. The summed E-state index contributed by atoms with van der Waals surface area (Å²) in [6, 6.07) is 8.09. The van der Waals surface area contributed by atoms with E-state index in [-0.39, 0.29) is 30.1 Å². The van der Waals surface area contributed by atoms with E-state index in [4.69, 9.17) is 4.74 Å². The van der Waals surface area contributed by atoms with Gasteiger partial charge in [0.25, 0.3) is 5.91 Å². The van der Waals surface area contributed by atoms with Gasteiger partial charge in [0.2, 0.25) is 0 Å². The van der Waals surface area contributed by atoms with Gasteiger partial charge in [0.15, 0.2) is 0 Å². The first-order chi connectivity index (χ1) is 17.0. The normalized spacial score (nSPS) is 20.9. The summed E-state index contributed by atoms with van der Waals surface area (Å²) in [6.07, 6.45) is 9.54. The zero-order valence-electron chi connectivity index (χ0n) is 20.8. The van der Waals surface area contributed by atoms with E-state index in [2.05, 4.69) is 46.9 Å². The summed E-state index contributed by atoms with van der Waals surface area (Å²) in [4.78, 5) is 30.0. The average molecular weight is 499 g/mol. The molecule has 2 aliphatic rings. The molecule has 0 saturated heterocycles. The zero-order chi connectivity index (χ0) is 24.6. The highest BCUT2D eigenvalue weighted by Gasteiger charge is 2.29. The molecular formula is C27H38N4O3S. The number of ether oxygens (including phenoxy) is 1. The van der Waals surface area contributed by atoms with Gasteiger partial charge >= 0.3 is 6.03 Å². The third kappa shape index (κ3) is 7.43. The van der Waals surface area contributed by atoms with Crippen LogP contribution in [-0.4, -0.2) is 35.0 Å². The molecule has 0 aliphatic heterocycles. The van der Waals surface area contributed by atoms with Crippen LogP contribution in [0.25, 0.3) is 0 Å². The van der Waals surface area contributed by atoms with Crippen LogP contribution in [0.5, 0.6) is 5.75 Å². The van der Waals surface area contributed by atoms with Gasteiger partial charge in [-0.25, -0.2) is 9.78 Å². The molecule has 190 valence electrons. The summed E-state index contributed by atoms with van der Waals surface area (Å²) in [7, 11) is 0. The van der Waals surface area contributed by atoms with Crippen LogP contribution < -0.4 is 20.7 Å². The van der Waals surface area contributed by atoms with E-state index >= 15 is 0 Å². The Hall–Kier alpha value is -2.61. The Kier molecular flexibility index (Phi) is 9.01. The fraction of sp³-hybridized carbons (Fsp3) is 0.593. The van der Waals surface area contributed by atoms with Crippen LogP contribution in [0.3, 0.4) is 0 Å². The van der Waals surface area contributed by atoms with Crippen LogP contribution in [0.2, 0.25) is 0 Å². The minimum Gasteiger partial charge on any atom is -0.486 e. The number of nitrogens with zero attached hydrogens (tertiary/aromatic N) is 1. The summed E-state index contributed by atoms with van der Waals surface area (Å²) in [5.74, 6) is 1.08. The number of hydrogen-bond acceptors (Lipinski definition) is 5. The van der Waals surface area contributed by atoms with Crippen molar-refractivity contribution in [2.75, 3.05) is 0 Å². The van der Waals surface area contributed by atoms with Crippen molar-refractivity contribution < 1.29 is 14.3 Å². The molecule has 2 aliphatic carbocycles. The molecule has 0 radical (unpaired) electrons. The number of carbonyl (C=O) groups is 2. The van der Waals surface area contributed by atoms with E-state index in [1.54, 1.807) is 5.38 Å². The molecule has 1 aromatic heterocycles. The van der Waals surface area contributed by atoms with Crippen LogP contribution in [0.15, 0.2) is 29.6 Å². The zero-order valence-corrected chi connectivity index (χ0v) is 21.7. The van der Waals surface area contributed by atoms with Crippen molar-refractivity contribution in [3.8, 4) is 5.75 Å². The Morgan fingerprint density at radius 3 is 2.29 bits per heavy atom. The molecule has 4 rings (SSSR count). The van der Waals surface area contributed by atoms with Gasteiger partial charge in [0.1, 0.15) is 23.1 Å². The number of hydrogen-bond donors (Lipinski definition) is 3. The number of carbonyl (C=O) groups excluding carboxylic acids is 2. The van der Waals surface area contributed by atoms with Gasteiger partial charge in [-0.1, -0.05) is 58.1 Å². The van der Waals surface area contributed by atoms with Crippen molar-refractivity contribution in [2.45, 2.75) is 102 Å². The lowest BCUT2D eigenvalue weighted by Crippen LogP contribution is -2.56. The molecule has 35 heavy (non-hydrogen) atoms. The first-order valence-electron chi connectivity index (χ1n) is 13.0. The summed E-state index contributed by atoms with van der Waals surface area (Å²) in [5, 5.41) is 11.9. The maximum atomic E-state index is 12.9. The summed E-state index contributed by atoms with van der Waals surface area (Å²) in [5.41, 5.74) is 1.67. The topological polar surface area (TPSA) is 92.3 Å². The Morgan fingerprint density at radius 1 is 0.943 bits per heavy atom. The number of amides is 3. The van der Waals surface area contributed by atoms with E-state index in [1.165, 1.54) is 36.2 Å². The van der Waals surface area contributed by atoms with Crippen molar-refractivity contribution in [1.29, 1.82) is 0 Å². The number of nitrogens with one attached hydrogen (secondary N) is 3. The van der Waals surface area contributed by atoms with Crippen molar-refractivity contribution in [3.05, 3.63) is 45.9 Å². The quantitative estimate of drug-likeness (QED) is 0.447. The molecule has 2 atom stereocenters. The highest BCUT2D eigenvalue weighted by molar-refractivity contribution is 7.09. The van der Waals surface area contributed by atoms with Gasteiger partial charge in [0, 0.05) is 17.5 Å². The number of benzene rings is 1. The van der Waals surface area contributed by atoms with Crippen LogP contribution in [0.4, 0.5) is 4.79 Å². The molecule has 2 aromatic rings. The second kappa shape index (κ2) is 12.4. The smallest absolute Gasteiger partial charge is 0.315 e. The summed E-state index contributed by atoms with van der Waals surface area (Å²) >= 11 is 1.42. The lowest BCUT2D eigenvalue weighted by molar-refractivity contribution is 0.0911. The van der Waals surface area contributed by atoms with Crippen molar-refractivity contribution in [3.63, 3.8) is 0 Å². The van der Waals surface area contributed by atoms with Crippen molar-refractivity contribution >= 4 is 23.3 Å². The fourth-order valence-corrected chi connectivity index (χ4v) is 5.62. The van der Waals surface area contributed by atoms with Gasteiger partial charge in [0.05, 0.1) is 6.04 Å². The number of urea groups is 1. The maximum absolute atomic E-state index is 12.9. The van der Waals surface area contributed by atoms with Crippen molar-refractivity contribution in [1.82, 2.24) is 20.9 Å². The molecule has 2 fully saturated rings. The standard InChI is InChI=1S/C27H38N4O3S/c1-18(2)19-12-14-21(15-13-19)34-16-25-29-24(17-35-25)26(32)30-22-10-6-7-11-23(22)31-27(33)28-20-8-4-3-5-9-20/h12-15,17-18,20,22-23H,3-11,16H2,1-2H3,(H,30,32)(H2,28,31,33)/t22-,23+/m1/s1. The van der Waals surface area contributed by atoms with E-state index in [1.807, 2.05) is 12.1 Å². The van der Waals surface area contributed by atoms with E-state index < -0.39 is 0 Å². The molecule has 0 bridgehead atoms. The number of rotatable bonds is 8. The third-order valence-corrected chi connectivity index (χ3v) is 7.86. The van der Waals surface area contributed by atoms with Crippen LogP contribution in [0, 0.1) is 0 Å². The van der Waals surface area contributed by atoms with E-state index in [0.29, 0.717) is 18.2 Å².